The zero-order valence-electron chi connectivity index (χ0n) is 10.7. The average Bonchev–Trinajstić information content (AvgIpc) is 2.25. The van der Waals surface area contributed by atoms with Crippen LogP contribution < -0.4 is 15.2 Å². The van der Waals surface area contributed by atoms with E-state index < -0.39 is 0 Å². The van der Waals surface area contributed by atoms with Gasteiger partial charge in [-0.3, -0.25) is 0 Å². The second kappa shape index (κ2) is 6.16. The lowest BCUT2D eigenvalue weighted by Gasteiger charge is -2.32. The molecule has 1 fully saturated rings. The molecule has 0 heterocycles. The maximum absolute atomic E-state index is 10.0. The Hall–Kier alpha value is -1.13. The van der Waals surface area contributed by atoms with Crippen LogP contribution in [0.2, 0.25) is 0 Å². The van der Waals surface area contributed by atoms with Crippen LogP contribution in [0.1, 0.15) is 30.9 Å². The largest absolute Gasteiger partial charge is 0.507 e. The number of aromatic hydroxyl groups is 1. The Balaban J connectivity index is 0.00000162. The first-order valence-corrected chi connectivity index (χ1v) is 5.87. The topological polar surface area (TPSA) is 64.7 Å². The van der Waals surface area contributed by atoms with Crippen molar-refractivity contribution in [2.24, 2.45) is 11.7 Å². The van der Waals surface area contributed by atoms with Gasteiger partial charge in [0, 0.05) is 18.2 Å². The van der Waals surface area contributed by atoms with Gasteiger partial charge in [-0.15, -0.1) is 12.4 Å². The molecule has 1 aromatic carbocycles. The van der Waals surface area contributed by atoms with Gasteiger partial charge in [0.2, 0.25) is 0 Å². The number of benzene rings is 1. The summed E-state index contributed by atoms with van der Waals surface area (Å²) in [7, 11) is 3.13. The molecule has 0 radical (unpaired) electrons. The summed E-state index contributed by atoms with van der Waals surface area (Å²) < 4.78 is 10.4. The molecule has 2 rings (SSSR count). The highest BCUT2D eigenvalue weighted by atomic mass is 35.5. The van der Waals surface area contributed by atoms with Crippen LogP contribution in [-0.2, 0) is 0 Å². The van der Waals surface area contributed by atoms with Crippen molar-refractivity contribution in [3.05, 3.63) is 17.7 Å². The van der Waals surface area contributed by atoms with Crippen LogP contribution in [-0.4, -0.2) is 19.3 Å². The standard InChI is InChI=1S/C13H19NO3.ClH/c1-16-9-6-10(15)12(11(7-9)17-2)13(14)8-4-3-5-8;/h6-8,13,15H,3-5,14H2,1-2H3;1H/t13-;/m1./s1. The number of methoxy groups -OCH3 is 2. The molecule has 3 N–H and O–H groups in total. The van der Waals surface area contributed by atoms with Crippen LogP contribution >= 0.6 is 12.4 Å². The summed E-state index contributed by atoms with van der Waals surface area (Å²) in [4.78, 5) is 0. The van der Waals surface area contributed by atoms with Crippen molar-refractivity contribution in [3.63, 3.8) is 0 Å². The summed E-state index contributed by atoms with van der Waals surface area (Å²) in [5, 5.41) is 10.0. The van der Waals surface area contributed by atoms with E-state index in [2.05, 4.69) is 0 Å². The minimum absolute atomic E-state index is 0. The van der Waals surface area contributed by atoms with E-state index in [0.29, 0.717) is 23.0 Å². The molecule has 1 aliphatic carbocycles. The van der Waals surface area contributed by atoms with Crippen molar-refractivity contribution in [3.8, 4) is 17.2 Å². The van der Waals surface area contributed by atoms with E-state index >= 15 is 0 Å². The number of phenols is 1. The van der Waals surface area contributed by atoms with E-state index in [-0.39, 0.29) is 24.2 Å². The summed E-state index contributed by atoms with van der Waals surface area (Å²) in [5.41, 5.74) is 6.88. The van der Waals surface area contributed by atoms with Gasteiger partial charge in [-0.05, 0) is 18.8 Å². The van der Waals surface area contributed by atoms with Crippen LogP contribution in [0, 0.1) is 5.92 Å². The van der Waals surface area contributed by atoms with E-state index in [4.69, 9.17) is 15.2 Å². The molecule has 0 bridgehead atoms. The van der Waals surface area contributed by atoms with Crippen LogP contribution in [0.3, 0.4) is 0 Å². The number of hydrogen-bond acceptors (Lipinski definition) is 4. The smallest absolute Gasteiger partial charge is 0.131 e. The van der Waals surface area contributed by atoms with Gasteiger partial charge in [0.15, 0.2) is 0 Å². The van der Waals surface area contributed by atoms with Crippen molar-refractivity contribution in [2.45, 2.75) is 25.3 Å². The highest BCUT2D eigenvalue weighted by Gasteiger charge is 2.30. The third-order valence-corrected chi connectivity index (χ3v) is 3.54. The van der Waals surface area contributed by atoms with E-state index in [0.717, 1.165) is 12.8 Å². The fourth-order valence-electron chi connectivity index (χ4n) is 2.24. The fourth-order valence-corrected chi connectivity index (χ4v) is 2.24. The lowest BCUT2D eigenvalue weighted by Crippen LogP contribution is -2.27. The zero-order valence-corrected chi connectivity index (χ0v) is 11.5. The maximum atomic E-state index is 10.0. The van der Waals surface area contributed by atoms with Gasteiger partial charge in [-0.25, -0.2) is 0 Å². The molecule has 0 unspecified atom stereocenters. The Morgan fingerprint density at radius 1 is 1.28 bits per heavy atom. The Labute approximate surface area is 113 Å². The monoisotopic (exact) mass is 273 g/mol. The molecular formula is C13H20ClNO3. The number of nitrogens with two attached hydrogens (primary N) is 1. The van der Waals surface area contributed by atoms with Gasteiger partial charge < -0.3 is 20.3 Å². The van der Waals surface area contributed by atoms with Gasteiger partial charge >= 0.3 is 0 Å². The van der Waals surface area contributed by atoms with E-state index in [1.54, 1.807) is 26.4 Å². The van der Waals surface area contributed by atoms with Crippen molar-refractivity contribution < 1.29 is 14.6 Å². The quantitative estimate of drug-likeness (QED) is 0.885. The molecule has 1 aliphatic rings. The van der Waals surface area contributed by atoms with Crippen LogP contribution in [0.5, 0.6) is 17.2 Å². The van der Waals surface area contributed by atoms with E-state index in [1.807, 2.05) is 0 Å². The molecular weight excluding hydrogens is 254 g/mol. The minimum atomic E-state index is -0.162. The zero-order chi connectivity index (χ0) is 12.4. The Morgan fingerprint density at radius 2 is 1.94 bits per heavy atom. The highest BCUT2D eigenvalue weighted by molar-refractivity contribution is 5.85. The second-order valence-electron chi connectivity index (χ2n) is 4.48. The Morgan fingerprint density at radius 3 is 2.39 bits per heavy atom. The van der Waals surface area contributed by atoms with Gasteiger partial charge in [0.1, 0.15) is 17.2 Å². The van der Waals surface area contributed by atoms with Gasteiger partial charge in [-0.1, -0.05) is 6.42 Å². The number of phenolic OH excluding ortho intramolecular Hbond substituents is 1. The molecule has 0 spiro atoms. The molecule has 4 nitrogen and oxygen atoms in total. The number of hydrogen-bond donors (Lipinski definition) is 2. The second-order valence-corrected chi connectivity index (χ2v) is 4.48. The van der Waals surface area contributed by atoms with Crippen molar-refractivity contribution >= 4 is 12.4 Å². The van der Waals surface area contributed by atoms with E-state index in [1.165, 1.54) is 6.42 Å². The van der Waals surface area contributed by atoms with Crippen LogP contribution in [0.25, 0.3) is 0 Å². The van der Waals surface area contributed by atoms with Crippen LogP contribution in [0.4, 0.5) is 0 Å². The summed E-state index contributed by atoms with van der Waals surface area (Å²) in [5.74, 6) is 1.77. The molecule has 18 heavy (non-hydrogen) atoms. The molecule has 0 aromatic heterocycles. The van der Waals surface area contributed by atoms with Gasteiger partial charge in [-0.2, -0.15) is 0 Å². The Kier molecular flexibility index (Phi) is 5.11. The van der Waals surface area contributed by atoms with E-state index in [9.17, 15) is 5.11 Å². The van der Waals surface area contributed by atoms with Gasteiger partial charge in [0.05, 0.1) is 19.8 Å². The molecule has 1 saturated carbocycles. The first-order valence-electron chi connectivity index (χ1n) is 5.87. The number of halogens is 1. The first kappa shape index (κ1) is 14.9. The molecule has 102 valence electrons. The maximum Gasteiger partial charge on any atom is 0.131 e. The minimum Gasteiger partial charge on any atom is -0.507 e. The predicted molar refractivity (Wildman–Crippen MR) is 72.7 cm³/mol. The molecule has 1 atom stereocenters. The number of ether oxygens (including phenoxy) is 2. The summed E-state index contributed by atoms with van der Waals surface area (Å²) in [6.07, 6.45) is 3.46. The SMILES string of the molecule is COc1cc(O)c([C@H](N)C2CCC2)c(OC)c1.Cl. The summed E-state index contributed by atoms with van der Waals surface area (Å²) in [6, 6.07) is 3.17. The molecule has 0 saturated heterocycles. The molecule has 0 amide bonds. The predicted octanol–water partition coefficient (Wildman–Crippen LogP) is 2.63. The average molecular weight is 274 g/mol. The van der Waals surface area contributed by atoms with Crippen LogP contribution in [0.15, 0.2) is 12.1 Å². The van der Waals surface area contributed by atoms with Crippen molar-refractivity contribution in [1.82, 2.24) is 0 Å². The fraction of sp³-hybridized carbons (Fsp3) is 0.538. The highest BCUT2D eigenvalue weighted by Crippen LogP contribution is 2.44. The lowest BCUT2D eigenvalue weighted by atomic mass is 9.77. The van der Waals surface area contributed by atoms with Crippen molar-refractivity contribution in [1.29, 1.82) is 0 Å². The van der Waals surface area contributed by atoms with Gasteiger partial charge in [0.25, 0.3) is 0 Å². The third-order valence-electron chi connectivity index (χ3n) is 3.54. The molecule has 1 aromatic rings. The summed E-state index contributed by atoms with van der Waals surface area (Å²) >= 11 is 0. The van der Waals surface area contributed by atoms with Crippen molar-refractivity contribution in [2.75, 3.05) is 14.2 Å². The molecule has 0 aliphatic heterocycles. The first-order chi connectivity index (χ1) is 8.17. The molecule has 5 heteroatoms. The number of rotatable bonds is 4. The summed E-state index contributed by atoms with van der Waals surface area (Å²) in [6.45, 7) is 0. The Bertz CT molecular complexity index is 407. The normalized spacial score (nSPS) is 16.4. The third kappa shape index (κ3) is 2.65. The lowest BCUT2D eigenvalue weighted by molar-refractivity contribution is 0.254.